The van der Waals surface area contributed by atoms with Crippen molar-refractivity contribution in [3.8, 4) is 11.5 Å². The number of non-ortho nitro benzene ring substituents is 1. The Labute approximate surface area is 132 Å². The number of aromatic hydroxyl groups is 1. The summed E-state index contributed by atoms with van der Waals surface area (Å²) >= 11 is 0. The van der Waals surface area contributed by atoms with Gasteiger partial charge in [0.1, 0.15) is 11.5 Å². The van der Waals surface area contributed by atoms with Crippen LogP contribution in [-0.4, -0.2) is 23.0 Å². The van der Waals surface area contributed by atoms with Crippen LogP contribution in [0.4, 0.5) is 11.4 Å². The molecule has 23 heavy (non-hydrogen) atoms. The van der Waals surface area contributed by atoms with E-state index in [1.807, 2.05) is 24.3 Å². The van der Waals surface area contributed by atoms with Crippen molar-refractivity contribution < 1.29 is 19.6 Å². The molecule has 0 unspecified atom stereocenters. The van der Waals surface area contributed by atoms with E-state index in [9.17, 15) is 20.0 Å². The molecule has 0 fully saturated rings. The van der Waals surface area contributed by atoms with E-state index in [1.165, 1.54) is 12.1 Å². The lowest BCUT2D eigenvalue weighted by Gasteiger charge is -2.09. The standard InChI is InChI=1S/C16H16N2O5/c1-23-15-5-3-2-4-11(15)6-9-16(20)17-13-8-7-12(18(21)22)10-14(13)19/h2-5,7-8,10,19H,6,9H2,1H3,(H,17,20). The average Bonchev–Trinajstić information content (AvgIpc) is 2.54. The summed E-state index contributed by atoms with van der Waals surface area (Å²) in [6.07, 6.45) is 0.667. The van der Waals surface area contributed by atoms with Crippen molar-refractivity contribution >= 4 is 17.3 Å². The van der Waals surface area contributed by atoms with Crippen LogP contribution in [0.3, 0.4) is 0 Å². The summed E-state index contributed by atoms with van der Waals surface area (Å²) in [7, 11) is 1.56. The van der Waals surface area contributed by atoms with Crippen LogP contribution in [0.5, 0.6) is 11.5 Å². The molecular weight excluding hydrogens is 300 g/mol. The van der Waals surface area contributed by atoms with E-state index in [0.29, 0.717) is 12.2 Å². The van der Waals surface area contributed by atoms with Gasteiger partial charge in [-0.15, -0.1) is 0 Å². The van der Waals surface area contributed by atoms with Crippen molar-refractivity contribution in [1.29, 1.82) is 0 Å². The number of anilines is 1. The predicted molar refractivity (Wildman–Crippen MR) is 84.7 cm³/mol. The molecule has 0 aliphatic carbocycles. The Kier molecular flexibility index (Phi) is 5.14. The maximum atomic E-state index is 12.0. The molecule has 1 amide bonds. The molecule has 0 radical (unpaired) electrons. The van der Waals surface area contributed by atoms with E-state index in [-0.39, 0.29) is 29.5 Å². The fraction of sp³-hybridized carbons (Fsp3) is 0.188. The number of hydrogen-bond acceptors (Lipinski definition) is 5. The second kappa shape index (κ2) is 7.26. The highest BCUT2D eigenvalue weighted by Crippen LogP contribution is 2.28. The molecular formula is C16H16N2O5. The first-order chi connectivity index (χ1) is 11.0. The van der Waals surface area contributed by atoms with Crippen molar-refractivity contribution in [3.63, 3.8) is 0 Å². The molecule has 2 aromatic carbocycles. The average molecular weight is 316 g/mol. The Morgan fingerprint density at radius 3 is 2.70 bits per heavy atom. The van der Waals surface area contributed by atoms with Gasteiger partial charge in [0.2, 0.25) is 5.91 Å². The Morgan fingerprint density at radius 2 is 2.04 bits per heavy atom. The van der Waals surface area contributed by atoms with Gasteiger partial charge in [-0.05, 0) is 24.1 Å². The number of nitro benzene ring substituents is 1. The number of aryl methyl sites for hydroxylation is 1. The van der Waals surface area contributed by atoms with Crippen LogP contribution in [0.2, 0.25) is 0 Å². The topological polar surface area (TPSA) is 102 Å². The first-order valence-corrected chi connectivity index (χ1v) is 6.90. The van der Waals surface area contributed by atoms with Gasteiger partial charge in [-0.2, -0.15) is 0 Å². The minimum absolute atomic E-state index is 0.139. The smallest absolute Gasteiger partial charge is 0.273 e. The molecule has 0 heterocycles. The van der Waals surface area contributed by atoms with Gasteiger partial charge in [-0.25, -0.2) is 0 Å². The number of carbonyl (C=O) groups excluding carboxylic acids is 1. The lowest BCUT2D eigenvalue weighted by molar-refractivity contribution is -0.384. The minimum Gasteiger partial charge on any atom is -0.506 e. The molecule has 7 nitrogen and oxygen atoms in total. The van der Waals surface area contributed by atoms with Crippen LogP contribution in [-0.2, 0) is 11.2 Å². The molecule has 0 aliphatic rings. The number of ether oxygens (including phenoxy) is 1. The van der Waals surface area contributed by atoms with Crippen LogP contribution >= 0.6 is 0 Å². The second-order valence-corrected chi connectivity index (χ2v) is 4.82. The third-order valence-electron chi connectivity index (χ3n) is 3.28. The van der Waals surface area contributed by atoms with Gasteiger partial charge in [0, 0.05) is 12.5 Å². The number of carbonyl (C=O) groups is 1. The zero-order valence-corrected chi connectivity index (χ0v) is 12.5. The number of hydrogen-bond donors (Lipinski definition) is 2. The molecule has 0 atom stereocenters. The van der Waals surface area contributed by atoms with Crippen LogP contribution in [0, 0.1) is 10.1 Å². The van der Waals surface area contributed by atoms with Gasteiger partial charge in [0.05, 0.1) is 23.8 Å². The third kappa shape index (κ3) is 4.19. The van der Waals surface area contributed by atoms with Crippen molar-refractivity contribution in [2.45, 2.75) is 12.8 Å². The summed E-state index contributed by atoms with van der Waals surface area (Å²) in [5.74, 6) is 0.0587. The molecule has 2 N–H and O–H groups in total. The molecule has 2 aromatic rings. The molecule has 0 bridgehead atoms. The summed E-state index contributed by atoms with van der Waals surface area (Å²) in [4.78, 5) is 21.9. The van der Waals surface area contributed by atoms with E-state index in [4.69, 9.17) is 4.74 Å². The number of para-hydroxylation sites is 1. The first-order valence-electron chi connectivity index (χ1n) is 6.90. The third-order valence-corrected chi connectivity index (χ3v) is 3.28. The number of rotatable bonds is 6. The minimum atomic E-state index is -0.618. The van der Waals surface area contributed by atoms with Crippen LogP contribution in [0.1, 0.15) is 12.0 Å². The second-order valence-electron chi connectivity index (χ2n) is 4.82. The Bertz CT molecular complexity index is 730. The number of nitro groups is 1. The summed E-state index contributed by atoms with van der Waals surface area (Å²) in [6.45, 7) is 0. The molecule has 0 spiro atoms. The SMILES string of the molecule is COc1ccccc1CCC(=O)Nc1ccc([N+](=O)[O-])cc1O. The number of methoxy groups -OCH3 is 1. The Morgan fingerprint density at radius 1 is 1.30 bits per heavy atom. The number of nitrogens with one attached hydrogen (secondary N) is 1. The van der Waals surface area contributed by atoms with Gasteiger partial charge in [0.15, 0.2) is 0 Å². The summed E-state index contributed by atoms with van der Waals surface area (Å²) in [5, 5.41) is 22.9. The van der Waals surface area contributed by atoms with E-state index < -0.39 is 4.92 Å². The maximum absolute atomic E-state index is 12.0. The summed E-state index contributed by atoms with van der Waals surface area (Å²) in [6, 6.07) is 10.9. The highest BCUT2D eigenvalue weighted by atomic mass is 16.6. The molecule has 0 saturated carbocycles. The van der Waals surface area contributed by atoms with Crippen LogP contribution in [0.25, 0.3) is 0 Å². The highest BCUT2D eigenvalue weighted by Gasteiger charge is 2.12. The molecule has 7 heteroatoms. The largest absolute Gasteiger partial charge is 0.506 e. The van der Waals surface area contributed by atoms with Crippen LogP contribution < -0.4 is 10.1 Å². The fourth-order valence-corrected chi connectivity index (χ4v) is 2.11. The van der Waals surface area contributed by atoms with Gasteiger partial charge < -0.3 is 15.2 Å². The normalized spacial score (nSPS) is 10.1. The summed E-state index contributed by atoms with van der Waals surface area (Å²) < 4.78 is 5.22. The summed E-state index contributed by atoms with van der Waals surface area (Å²) in [5.41, 5.74) is 0.799. The quantitative estimate of drug-likeness (QED) is 0.485. The van der Waals surface area contributed by atoms with Crippen molar-refractivity contribution in [1.82, 2.24) is 0 Å². The predicted octanol–water partition coefficient (Wildman–Crippen LogP) is 2.88. The highest BCUT2D eigenvalue weighted by molar-refractivity contribution is 5.92. The van der Waals surface area contributed by atoms with Crippen molar-refractivity contribution in [3.05, 3.63) is 58.1 Å². The van der Waals surface area contributed by atoms with Gasteiger partial charge in [-0.3, -0.25) is 14.9 Å². The lowest BCUT2D eigenvalue weighted by atomic mass is 10.1. The van der Waals surface area contributed by atoms with E-state index in [1.54, 1.807) is 7.11 Å². The van der Waals surface area contributed by atoms with Gasteiger partial charge in [-0.1, -0.05) is 18.2 Å². The van der Waals surface area contributed by atoms with E-state index in [0.717, 1.165) is 11.6 Å². The van der Waals surface area contributed by atoms with E-state index in [2.05, 4.69) is 5.32 Å². The molecule has 0 aromatic heterocycles. The van der Waals surface area contributed by atoms with Gasteiger partial charge >= 0.3 is 0 Å². The zero-order valence-electron chi connectivity index (χ0n) is 12.5. The number of phenolic OH excluding ortho intramolecular Hbond substituents is 1. The molecule has 2 rings (SSSR count). The Balaban J connectivity index is 1.98. The molecule has 0 aliphatic heterocycles. The molecule has 120 valence electrons. The van der Waals surface area contributed by atoms with Crippen molar-refractivity contribution in [2.24, 2.45) is 0 Å². The van der Waals surface area contributed by atoms with E-state index >= 15 is 0 Å². The monoisotopic (exact) mass is 316 g/mol. The van der Waals surface area contributed by atoms with Crippen molar-refractivity contribution in [2.75, 3.05) is 12.4 Å². The number of amides is 1. The Hall–Kier alpha value is -3.09. The fourth-order valence-electron chi connectivity index (χ4n) is 2.11. The lowest BCUT2D eigenvalue weighted by Crippen LogP contribution is -2.12. The number of nitrogens with zero attached hydrogens (tertiary/aromatic N) is 1. The number of benzene rings is 2. The van der Waals surface area contributed by atoms with Gasteiger partial charge in [0.25, 0.3) is 5.69 Å². The van der Waals surface area contributed by atoms with Crippen LogP contribution in [0.15, 0.2) is 42.5 Å². The first kappa shape index (κ1) is 16.3. The maximum Gasteiger partial charge on any atom is 0.273 e. The number of phenols is 1. The zero-order chi connectivity index (χ0) is 16.8. The molecule has 0 saturated heterocycles.